The van der Waals surface area contributed by atoms with E-state index in [9.17, 15) is 4.79 Å². The molecule has 0 spiro atoms. The maximum absolute atomic E-state index is 12.6. The van der Waals surface area contributed by atoms with E-state index in [1.165, 1.54) is 12.8 Å². The van der Waals surface area contributed by atoms with Crippen LogP contribution in [0, 0.1) is 3.57 Å². The Bertz CT molecular complexity index is 443. The normalized spacial score (nSPS) is 15.9. The fourth-order valence-electron chi connectivity index (χ4n) is 2.60. The smallest absolute Gasteiger partial charge is 0.255 e. The van der Waals surface area contributed by atoms with Crippen LogP contribution in [-0.2, 0) is 0 Å². The molecule has 1 aliphatic rings. The second kappa shape index (κ2) is 6.37. The number of carbonyl (C=O) groups excluding carboxylic acids is 1. The van der Waals surface area contributed by atoms with Crippen molar-refractivity contribution in [2.45, 2.75) is 38.6 Å². The van der Waals surface area contributed by atoms with Gasteiger partial charge in [-0.15, -0.1) is 0 Å². The molecule has 0 aliphatic heterocycles. The number of carbonyl (C=O) groups is 1. The van der Waals surface area contributed by atoms with Crippen LogP contribution in [0.2, 0.25) is 0 Å². The van der Waals surface area contributed by atoms with Crippen LogP contribution in [0.1, 0.15) is 43.0 Å². The van der Waals surface area contributed by atoms with E-state index in [4.69, 9.17) is 0 Å². The second-order valence-electron chi connectivity index (χ2n) is 4.65. The minimum Gasteiger partial charge on any atom is -0.336 e. The van der Waals surface area contributed by atoms with Crippen LogP contribution in [0.4, 0.5) is 0 Å². The number of halogens is 2. The summed E-state index contributed by atoms with van der Waals surface area (Å²) < 4.78 is 1.99. The summed E-state index contributed by atoms with van der Waals surface area (Å²) in [5, 5.41) is 0. The highest BCUT2D eigenvalue weighted by Crippen LogP contribution is 2.26. The Morgan fingerprint density at radius 3 is 2.72 bits per heavy atom. The third kappa shape index (κ3) is 3.07. The van der Waals surface area contributed by atoms with E-state index >= 15 is 0 Å². The molecule has 1 amide bonds. The van der Waals surface area contributed by atoms with E-state index in [-0.39, 0.29) is 5.91 Å². The average molecular weight is 422 g/mol. The van der Waals surface area contributed by atoms with Gasteiger partial charge in [-0.25, -0.2) is 0 Å². The number of amides is 1. The standard InChI is InChI=1S/C14H17BrINO/c1-2-17(11-5-3-4-6-11)14(18)12-9-10(15)7-8-13(12)16/h7-9,11H,2-6H2,1H3. The molecule has 0 atom stereocenters. The van der Waals surface area contributed by atoms with E-state index in [0.29, 0.717) is 6.04 Å². The molecular weight excluding hydrogens is 405 g/mol. The van der Waals surface area contributed by atoms with Crippen molar-refractivity contribution in [1.29, 1.82) is 0 Å². The molecule has 2 rings (SSSR count). The van der Waals surface area contributed by atoms with E-state index < -0.39 is 0 Å². The zero-order valence-corrected chi connectivity index (χ0v) is 14.2. The summed E-state index contributed by atoms with van der Waals surface area (Å²) in [6.45, 7) is 2.87. The van der Waals surface area contributed by atoms with E-state index in [0.717, 1.165) is 33.0 Å². The molecule has 4 heteroatoms. The predicted octanol–water partition coefficient (Wildman–Crippen LogP) is 4.46. The molecule has 0 N–H and O–H groups in total. The van der Waals surface area contributed by atoms with Gasteiger partial charge in [0.05, 0.1) is 5.56 Å². The minimum absolute atomic E-state index is 0.176. The highest BCUT2D eigenvalue weighted by Gasteiger charge is 2.27. The summed E-state index contributed by atoms with van der Waals surface area (Å²) >= 11 is 5.68. The molecule has 0 heterocycles. The lowest BCUT2D eigenvalue weighted by atomic mass is 10.1. The Balaban J connectivity index is 2.25. The third-order valence-electron chi connectivity index (χ3n) is 3.53. The van der Waals surface area contributed by atoms with Gasteiger partial charge in [0.1, 0.15) is 0 Å². The molecule has 98 valence electrons. The van der Waals surface area contributed by atoms with Crippen molar-refractivity contribution in [1.82, 2.24) is 4.90 Å². The van der Waals surface area contributed by atoms with Crippen molar-refractivity contribution in [2.24, 2.45) is 0 Å². The molecule has 0 saturated heterocycles. The minimum atomic E-state index is 0.176. The number of hydrogen-bond donors (Lipinski definition) is 0. The lowest BCUT2D eigenvalue weighted by Crippen LogP contribution is -2.39. The van der Waals surface area contributed by atoms with Gasteiger partial charge < -0.3 is 4.90 Å². The van der Waals surface area contributed by atoms with E-state index in [1.54, 1.807) is 0 Å². The van der Waals surface area contributed by atoms with Crippen LogP contribution < -0.4 is 0 Å². The highest BCUT2D eigenvalue weighted by molar-refractivity contribution is 14.1. The second-order valence-corrected chi connectivity index (χ2v) is 6.73. The fourth-order valence-corrected chi connectivity index (χ4v) is 3.53. The van der Waals surface area contributed by atoms with Crippen LogP contribution in [0.15, 0.2) is 22.7 Å². The first-order valence-corrected chi connectivity index (χ1v) is 8.26. The Hall–Kier alpha value is -0.100. The topological polar surface area (TPSA) is 20.3 Å². The molecule has 0 radical (unpaired) electrons. The fraction of sp³-hybridized carbons (Fsp3) is 0.500. The van der Waals surface area contributed by atoms with Crippen LogP contribution in [0.25, 0.3) is 0 Å². The van der Waals surface area contributed by atoms with Gasteiger partial charge in [-0.05, 0) is 60.6 Å². The Morgan fingerprint density at radius 1 is 1.44 bits per heavy atom. The molecule has 1 fully saturated rings. The van der Waals surface area contributed by atoms with Gasteiger partial charge in [-0.2, -0.15) is 0 Å². The van der Waals surface area contributed by atoms with Gasteiger partial charge in [-0.3, -0.25) is 4.79 Å². The maximum Gasteiger partial charge on any atom is 0.255 e. The summed E-state index contributed by atoms with van der Waals surface area (Å²) in [4.78, 5) is 14.7. The summed E-state index contributed by atoms with van der Waals surface area (Å²) in [7, 11) is 0. The van der Waals surface area contributed by atoms with Gasteiger partial charge >= 0.3 is 0 Å². The van der Waals surface area contributed by atoms with Gasteiger partial charge in [0, 0.05) is 20.6 Å². The van der Waals surface area contributed by atoms with Crippen molar-refractivity contribution in [3.8, 4) is 0 Å². The van der Waals surface area contributed by atoms with Gasteiger partial charge in [0.2, 0.25) is 0 Å². The molecule has 1 aromatic rings. The molecule has 1 aromatic carbocycles. The first-order chi connectivity index (χ1) is 8.63. The summed E-state index contributed by atoms with van der Waals surface area (Å²) in [6.07, 6.45) is 4.82. The van der Waals surface area contributed by atoms with Crippen molar-refractivity contribution in [3.63, 3.8) is 0 Å². The first kappa shape index (κ1) is 14.3. The molecule has 2 nitrogen and oxygen atoms in total. The Morgan fingerprint density at radius 2 is 2.11 bits per heavy atom. The largest absolute Gasteiger partial charge is 0.336 e. The van der Waals surface area contributed by atoms with Crippen molar-refractivity contribution in [3.05, 3.63) is 31.8 Å². The third-order valence-corrected chi connectivity index (χ3v) is 4.96. The quantitative estimate of drug-likeness (QED) is 0.660. The molecule has 1 aliphatic carbocycles. The SMILES string of the molecule is CCN(C(=O)c1cc(Br)ccc1I)C1CCCC1. The van der Waals surface area contributed by atoms with Crippen molar-refractivity contribution >= 4 is 44.4 Å². The van der Waals surface area contributed by atoms with E-state index in [2.05, 4.69) is 45.4 Å². The van der Waals surface area contributed by atoms with Crippen molar-refractivity contribution < 1.29 is 4.79 Å². The van der Waals surface area contributed by atoms with Gasteiger partial charge in [0.15, 0.2) is 0 Å². The summed E-state index contributed by atoms with van der Waals surface area (Å²) in [6, 6.07) is 6.34. The molecule has 0 bridgehead atoms. The first-order valence-electron chi connectivity index (χ1n) is 6.39. The van der Waals surface area contributed by atoms with E-state index in [1.807, 2.05) is 23.1 Å². The number of nitrogens with zero attached hydrogens (tertiary/aromatic N) is 1. The maximum atomic E-state index is 12.6. The number of hydrogen-bond acceptors (Lipinski definition) is 1. The Labute approximate surface area is 130 Å². The van der Waals surface area contributed by atoms with Gasteiger partial charge in [-0.1, -0.05) is 28.8 Å². The number of benzene rings is 1. The predicted molar refractivity (Wildman–Crippen MR) is 85.8 cm³/mol. The molecular formula is C14H17BrINO. The van der Waals surface area contributed by atoms with Crippen molar-refractivity contribution in [2.75, 3.05) is 6.54 Å². The van der Waals surface area contributed by atoms with Gasteiger partial charge in [0.25, 0.3) is 5.91 Å². The molecule has 1 saturated carbocycles. The Kier molecular flexibility index (Phi) is 5.06. The average Bonchev–Trinajstić information content (AvgIpc) is 2.87. The summed E-state index contributed by atoms with van der Waals surface area (Å²) in [5.74, 6) is 0.176. The monoisotopic (exact) mass is 421 g/mol. The van der Waals surface area contributed by atoms with Crippen LogP contribution in [0.3, 0.4) is 0 Å². The molecule has 0 aromatic heterocycles. The highest BCUT2D eigenvalue weighted by atomic mass is 127. The molecule has 18 heavy (non-hydrogen) atoms. The molecule has 0 unspecified atom stereocenters. The summed E-state index contributed by atoms with van der Waals surface area (Å²) in [5.41, 5.74) is 0.818. The number of rotatable bonds is 3. The van der Waals surface area contributed by atoms with Crippen LogP contribution in [0.5, 0.6) is 0 Å². The zero-order chi connectivity index (χ0) is 13.1. The lowest BCUT2D eigenvalue weighted by Gasteiger charge is -2.28. The van der Waals surface area contributed by atoms with Crippen LogP contribution in [-0.4, -0.2) is 23.4 Å². The lowest BCUT2D eigenvalue weighted by molar-refractivity contribution is 0.0692. The van der Waals surface area contributed by atoms with Crippen LogP contribution >= 0.6 is 38.5 Å². The zero-order valence-electron chi connectivity index (χ0n) is 10.5.